The number of hydrogen-bond donors (Lipinski definition) is 2. The van der Waals surface area contributed by atoms with E-state index in [9.17, 15) is 0 Å². The highest BCUT2D eigenvalue weighted by Crippen LogP contribution is 2.25. The zero-order valence-corrected chi connectivity index (χ0v) is 11.7. The molecule has 3 N–H and O–H groups in total. The van der Waals surface area contributed by atoms with Crippen LogP contribution in [0.3, 0.4) is 0 Å². The largest absolute Gasteiger partial charge is 0.491 e. The Morgan fingerprint density at radius 2 is 2.10 bits per heavy atom. The van der Waals surface area contributed by atoms with E-state index < -0.39 is 5.41 Å². The molecule has 0 saturated carbocycles. The Morgan fingerprint density at radius 3 is 2.85 bits per heavy atom. The molecule has 0 unspecified atom stereocenters. The van der Waals surface area contributed by atoms with Gasteiger partial charge in [-0.2, -0.15) is 0 Å². The molecule has 106 valence electrons. The van der Waals surface area contributed by atoms with Gasteiger partial charge in [-0.15, -0.1) is 0 Å². The Bertz CT molecular complexity index is 618. The van der Waals surface area contributed by atoms with Crippen molar-refractivity contribution in [2.24, 2.45) is 16.3 Å². The maximum absolute atomic E-state index is 8.74. The van der Waals surface area contributed by atoms with E-state index in [4.69, 9.17) is 15.7 Å². The van der Waals surface area contributed by atoms with Crippen LogP contribution in [0.5, 0.6) is 5.75 Å². The molecule has 0 bridgehead atoms. The van der Waals surface area contributed by atoms with Crippen LogP contribution >= 0.6 is 0 Å². The van der Waals surface area contributed by atoms with Crippen LogP contribution in [0.25, 0.3) is 10.9 Å². The second kappa shape index (κ2) is 5.77. The lowest BCUT2D eigenvalue weighted by Gasteiger charge is -2.22. The van der Waals surface area contributed by atoms with E-state index in [-0.39, 0.29) is 5.84 Å². The van der Waals surface area contributed by atoms with Crippen LogP contribution < -0.4 is 10.5 Å². The Hall–Kier alpha value is -2.30. The van der Waals surface area contributed by atoms with Gasteiger partial charge < -0.3 is 15.7 Å². The third-order valence-corrected chi connectivity index (χ3v) is 3.38. The van der Waals surface area contributed by atoms with Gasteiger partial charge in [0, 0.05) is 17.0 Å². The molecular weight excluding hydrogens is 254 g/mol. The molecule has 1 aromatic heterocycles. The van der Waals surface area contributed by atoms with Gasteiger partial charge in [0.05, 0.1) is 6.61 Å². The number of benzene rings is 1. The van der Waals surface area contributed by atoms with E-state index in [0.717, 1.165) is 16.7 Å². The van der Waals surface area contributed by atoms with Gasteiger partial charge in [0.25, 0.3) is 0 Å². The number of rotatable bonds is 5. The fourth-order valence-corrected chi connectivity index (χ4v) is 1.87. The first-order chi connectivity index (χ1) is 9.54. The third kappa shape index (κ3) is 2.99. The molecule has 5 heteroatoms. The summed E-state index contributed by atoms with van der Waals surface area (Å²) in [6, 6.07) is 9.72. The summed E-state index contributed by atoms with van der Waals surface area (Å²) in [5.74, 6) is 0.954. The summed E-state index contributed by atoms with van der Waals surface area (Å²) < 4.78 is 5.80. The lowest BCUT2D eigenvalue weighted by atomic mass is 9.88. The van der Waals surface area contributed by atoms with E-state index in [1.165, 1.54) is 0 Å². The van der Waals surface area contributed by atoms with Crippen molar-refractivity contribution >= 4 is 16.7 Å². The van der Waals surface area contributed by atoms with Crippen LogP contribution in [0.4, 0.5) is 0 Å². The number of oxime groups is 1. The van der Waals surface area contributed by atoms with Gasteiger partial charge in [0.1, 0.15) is 17.1 Å². The summed E-state index contributed by atoms with van der Waals surface area (Å²) in [6.45, 7) is 4.29. The summed E-state index contributed by atoms with van der Waals surface area (Å²) in [5.41, 5.74) is 6.09. The first kappa shape index (κ1) is 14.1. The predicted octanol–water partition coefficient (Wildman–Crippen LogP) is 2.78. The van der Waals surface area contributed by atoms with Crippen LogP contribution in [0, 0.1) is 5.41 Å². The summed E-state index contributed by atoms with van der Waals surface area (Å²) in [4.78, 5) is 4.33. The number of ether oxygens (including phenoxy) is 1. The molecule has 1 heterocycles. The molecular formula is C15H19N3O2. The van der Waals surface area contributed by atoms with E-state index in [1.807, 2.05) is 44.2 Å². The van der Waals surface area contributed by atoms with Crippen molar-refractivity contribution in [3.8, 4) is 5.75 Å². The van der Waals surface area contributed by atoms with Gasteiger partial charge in [0.15, 0.2) is 0 Å². The molecule has 5 nitrogen and oxygen atoms in total. The van der Waals surface area contributed by atoms with Crippen LogP contribution in [0.2, 0.25) is 0 Å². The van der Waals surface area contributed by atoms with Crippen molar-refractivity contribution in [1.29, 1.82) is 0 Å². The molecule has 0 atom stereocenters. The topological polar surface area (TPSA) is 80.7 Å². The smallest absolute Gasteiger partial charge is 0.145 e. The maximum atomic E-state index is 8.74. The molecule has 0 spiro atoms. The fraction of sp³-hybridized carbons (Fsp3) is 0.333. The van der Waals surface area contributed by atoms with Gasteiger partial charge in [-0.1, -0.05) is 37.2 Å². The first-order valence-electron chi connectivity index (χ1n) is 6.49. The quantitative estimate of drug-likeness (QED) is 0.380. The number of amidine groups is 1. The number of nitrogens with two attached hydrogens (primary N) is 1. The highest BCUT2D eigenvalue weighted by Gasteiger charge is 2.23. The van der Waals surface area contributed by atoms with Gasteiger partial charge in [-0.25, -0.2) is 0 Å². The first-order valence-corrected chi connectivity index (χ1v) is 6.49. The molecule has 0 aliphatic rings. The van der Waals surface area contributed by atoms with E-state index >= 15 is 0 Å². The molecule has 0 aliphatic carbocycles. The lowest BCUT2D eigenvalue weighted by molar-refractivity contribution is 0.261. The molecule has 2 aromatic rings. The second-order valence-electron chi connectivity index (χ2n) is 5.30. The molecule has 0 saturated heterocycles. The Labute approximate surface area is 118 Å². The normalized spacial score (nSPS) is 12.6. The standard InChI is InChI=1S/C15H19N3O2/c1-15(2,14(16)18-19)8-10-20-12-7-3-5-11-6-4-9-17-13(11)12/h3-7,9,19H,8,10H2,1-2H3,(H2,16,18). The van der Waals surface area contributed by atoms with E-state index in [0.29, 0.717) is 13.0 Å². The highest BCUT2D eigenvalue weighted by atomic mass is 16.5. The van der Waals surface area contributed by atoms with Crippen LogP contribution in [0.15, 0.2) is 41.7 Å². The Balaban J connectivity index is 2.07. The van der Waals surface area contributed by atoms with Crippen LogP contribution in [-0.4, -0.2) is 22.6 Å². The Kier molecular flexibility index (Phi) is 4.08. The molecule has 1 aromatic carbocycles. The van der Waals surface area contributed by atoms with Gasteiger partial charge >= 0.3 is 0 Å². The predicted molar refractivity (Wildman–Crippen MR) is 79.0 cm³/mol. The minimum atomic E-state index is -0.410. The van der Waals surface area contributed by atoms with Crippen molar-refractivity contribution in [2.45, 2.75) is 20.3 Å². The number of hydrogen-bond acceptors (Lipinski definition) is 4. The maximum Gasteiger partial charge on any atom is 0.145 e. The minimum absolute atomic E-state index is 0.206. The van der Waals surface area contributed by atoms with Crippen molar-refractivity contribution in [1.82, 2.24) is 4.98 Å². The van der Waals surface area contributed by atoms with Gasteiger partial charge in [0.2, 0.25) is 0 Å². The average molecular weight is 273 g/mol. The zero-order valence-electron chi connectivity index (χ0n) is 11.7. The lowest BCUT2D eigenvalue weighted by Crippen LogP contribution is -2.33. The summed E-state index contributed by atoms with van der Waals surface area (Å²) >= 11 is 0. The Morgan fingerprint density at radius 1 is 1.35 bits per heavy atom. The number of para-hydroxylation sites is 1. The van der Waals surface area contributed by atoms with Gasteiger partial charge in [-0.3, -0.25) is 4.98 Å². The van der Waals surface area contributed by atoms with Gasteiger partial charge in [-0.05, 0) is 18.6 Å². The molecule has 0 aliphatic heterocycles. The molecule has 0 fully saturated rings. The molecule has 0 radical (unpaired) electrons. The van der Waals surface area contributed by atoms with Crippen molar-refractivity contribution < 1.29 is 9.94 Å². The summed E-state index contributed by atoms with van der Waals surface area (Å²) in [6.07, 6.45) is 2.39. The van der Waals surface area contributed by atoms with Crippen LogP contribution in [-0.2, 0) is 0 Å². The van der Waals surface area contributed by atoms with Crippen molar-refractivity contribution in [3.05, 3.63) is 36.5 Å². The molecule has 2 rings (SSSR count). The van der Waals surface area contributed by atoms with Crippen molar-refractivity contribution in [3.63, 3.8) is 0 Å². The zero-order chi connectivity index (χ0) is 14.6. The molecule has 20 heavy (non-hydrogen) atoms. The number of aromatic nitrogens is 1. The van der Waals surface area contributed by atoms with Crippen molar-refractivity contribution in [2.75, 3.05) is 6.61 Å². The fourth-order valence-electron chi connectivity index (χ4n) is 1.87. The third-order valence-electron chi connectivity index (χ3n) is 3.38. The van der Waals surface area contributed by atoms with Crippen LogP contribution in [0.1, 0.15) is 20.3 Å². The highest BCUT2D eigenvalue weighted by molar-refractivity contribution is 5.85. The minimum Gasteiger partial charge on any atom is -0.491 e. The monoisotopic (exact) mass is 273 g/mol. The SMILES string of the molecule is CC(C)(CCOc1cccc2cccnc12)C(N)=NO. The summed E-state index contributed by atoms with van der Waals surface area (Å²) in [5, 5.41) is 12.8. The number of nitrogens with zero attached hydrogens (tertiary/aromatic N) is 2. The average Bonchev–Trinajstić information content (AvgIpc) is 2.46. The summed E-state index contributed by atoms with van der Waals surface area (Å²) in [7, 11) is 0. The van der Waals surface area contributed by atoms with E-state index in [2.05, 4.69) is 10.1 Å². The second-order valence-corrected chi connectivity index (χ2v) is 5.30. The number of pyridine rings is 1. The molecule has 0 amide bonds. The number of fused-ring (bicyclic) bond motifs is 1. The van der Waals surface area contributed by atoms with E-state index in [1.54, 1.807) is 6.20 Å².